The molecule has 184 valence electrons. The number of ether oxygens (including phenoxy) is 2. The van der Waals surface area contributed by atoms with Gasteiger partial charge in [0.1, 0.15) is 11.2 Å². The normalized spacial score (nSPS) is 11.9. The van der Waals surface area contributed by atoms with E-state index in [0.717, 1.165) is 10.6 Å². The van der Waals surface area contributed by atoms with E-state index >= 15 is 0 Å². The van der Waals surface area contributed by atoms with Crippen molar-refractivity contribution in [3.63, 3.8) is 0 Å². The molecule has 2 aromatic carbocycles. The van der Waals surface area contributed by atoms with Crippen molar-refractivity contribution in [3.8, 4) is 0 Å². The van der Waals surface area contributed by atoms with Crippen LogP contribution < -0.4 is 15.8 Å². The Hall–Kier alpha value is -3.55. The Kier molecular flexibility index (Phi) is 7.97. The Balaban J connectivity index is 2.42. The third-order valence-electron chi connectivity index (χ3n) is 4.49. The summed E-state index contributed by atoms with van der Waals surface area (Å²) in [6.07, 6.45) is -1.72. The van der Waals surface area contributed by atoms with Crippen molar-refractivity contribution < 1.29 is 23.9 Å². The second-order valence-corrected chi connectivity index (χ2v) is 10.4. The molecule has 0 saturated carbocycles. The molecule has 0 aliphatic carbocycles. The van der Waals surface area contributed by atoms with Crippen molar-refractivity contribution in [3.05, 3.63) is 65.7 Å². The largest absolute Gasteiger partial charge is 0.443 e. The Morgan fingerprint density at radius 1 is 0.735 bits per heavy atom. The zero-order chi connectivity index (χ0) is 25.7. The lowest BCUT2D eigenvalue weighted by molar-refractivity contribution is 0.0424. The Bertz CT molecular complexity index is 1020. The second kappa shape index (κ2) is 10.2. The van der Waals surface area contributed by atoms with Gasteiger partial charge in [0.2, 0.25) is 0 Å². The van der Waals surface area contributed by atoms with E-state index in [-0.39, 0.29) is 11.3 Å². The minimum Gasteiger partial charge on any atom is -0.443 e. The van der Waals surface area contributed by atoms with Crippen molar-refractivity contribution >= 4 is 23.8 Å². The fraction of sp³-hybridized carbons (Fsp3) is 0.423. The van der Waals surface area contributed by atoms with Gasteiger partial charge in [-0.2, -0.15) is 5.01 Å². The van der Waals surface area contributed by atoms with E-state index in [1.54, 1.807) is 65.8 Å². The number of rotatable bonds is 4. The molecule has 0 unspecified atom stereocenters. The van der Waals surface area contributed by atoms with E-state index in [1.165, 1.54) is 0 Å². The Morgan fingerprint density at radius 2 is 1.26 bits per heavy atom. The van der Waals surface area contributed by atoms with Gasteiger partial charge in [0, 0.05) is 0 Å². The molecule has 2 N–H and O–H groups in total. The summed E-state index contributed by atoms with van der Waals surface area (Å²) in [7, 11) is 0. The summed E-state index contributed by atoms with van der Waals surface area (Å²) < 4.78 is 10.8. The summed E-state index contributed by atoms with van der Waals surface area (Å²) in [5.41, 5.74) is 1.33. The van der Waals surface area contributed by atoms with Crippen molar-refractivity contribution in [2.75, 3.05) is 5.01 Å². The lowest BCUT2D eigenvalue weighted by atomic mass is 9.94. The van der Waals surface area contributed by atoms with Crippen molar-refractivity contribution in [2.45, 2.75) is 72.1 Å². The van der Waals surface area contributed by atoms with Gasteiger partial charge in [0.05, 0.1) is 16.8 Å². The molecule has 0 aliphatic heterocycles. The number of amides is 3. The highest BCUT2D eigenvalue weighted by molar-refractivity contribution is 6.04. The minimum atomic E-state index is -0.863. The molecule has 8 heteroatoms. The molecule has 0 bridgehead atoms. The molecule has 0 aliphatic rings. The number of anilines is 1. The molecule has 2 aromatic rings. The van der Waals surface area contributed by atoms with Crippen LogP contribution in [0.3, 0.4) is 0 Å². The Labute approximate surface area is 201 Å². The summed E-state index contributed by atoms with van der Waals surface area (Å²) in [6, 6.07) is 16.0. The van der Waals surface area contributed by atoms with Crippen LogP contribution >= 0.6 is 0 Å². The highest BCUT2D eigenvalue weighted by Crippen LogP contribution is 2.25. The van der Waals surface area contributed by atoms with Crippen LogP contribution in [0.5, 0.6) is 0 Å². The molecule has 0 saturated heterocycles. The van der Waals surface area contributed by atoms with Gasteiger partial charge in [0.15, 0.2) is 0 Å². The van der Waals surface area contributed by atoms with Crippen LogP contribution in [0.25, 0.3) is 0 Å². The van der Waals surface area contributed by atoms with Gasteiger partial charge in [-0.3, -0.25) is 4.79 Å². The standard InChI is InChI=1S/C26H35N3O5/c1-24(2,3)33-22(31)28-29(23(32)34-25(4,5)6)20-17-13-12-16-19(20)21(30)27-26(7,8)18-14-10-9-11-15-18/h9-17H,1-8H3,(H,27,30)(H,28,31). The third kappa shape index (κ3) is 7.79. The molecular weight excluding hydrogens is 434 g/mol. The first-order chi connectivity index (χ1) is 15.6. The van der Waals surface area contributed by atoms with Gasteiger partial charge >= 0.3 is 12.2 Å². The number of para-hydroxylation sites is 1. The molecule has 3 amide bonds. The van der Waals surface area contributed by atoms with E-state index in [0.29, 0.717) is 0 Å². The maximum absolute atomic E-state index is 13.3. The number of carbonyl (C=O) groups excluding carboxylic acids is 3. The fourth-order valence-electron chi connectivity index (χ4n) is 3.04. The summed E-state index contributed by atoms with van der Waals surface area (Å²) in [4.78, 5) is 38.9. The van der Waals surface area contributed by atoms with Crippen molar-refractivity contribution in [1.82, 2.24) is 10.7 Å². The zero-order valence-corrected chi connectivity index (χ0v) is 21.2. The van der Waals surface area contributed by atoms with E-state index in [4.69, 9.17) is 9.47 Å². The number of hydrogen-bond donors (Lipinski definition) is 2. The van der Waals surface area contributed by atoms with E-state index in [1.807, 2.05) is 44.2 Å². The molecule has 0 fully saturated rings. The maximum Gasteiger partial charge on any atom is 0.434 e. The van der Waals surface area contributed by atoms with Gasteiger partial charge in [-0.15, -0.1) is 0 Å². The number of carbonyl (C=O) groups is 3. The van der Waals surface area contributed by atoms with Crippen molar-refractivity contribution in [1.29, 1.82) is 0 Å². The summed E-state index contributed by atoms with van der Waals surface area (Å²) in [6.45, 7) is 14.0. The number of hydrazine groups is 1. The van der Waals surface area contributed by atoms with Crippen LogP contribution in [0.2, 0.25) is 0 Å². The molecule has 34 heavy (non-hydrogen) atoms. The lowest BCUT2D eigenvalue weighted by Gasteiger charge is -2.31. The number of hydrogen-bond acceptors (Lipinski definition) is 5. The van der Waals surface area contributed by atoms with Gasteiger partial charge in [-0.1, -0.05) is 42.5 Å². The van der Waals surface area contributed by atoms with Crippen molar-refractivity contribution in [2.24, 2.45) is 0 Å². The molecule has 8 nitrogen and oxygen atoms in total. The van der Waals surface area contributed by atoms with Crippen LogP contribution in [0.1, 0.15) is 71.3 Å². The highest BCUT2D eigenvalue weighted by Gasteiger charge is 2.31. The number of nitrogens with zero attached hydrogens (tertiary/aromatic N) is 1. The SMILES string of the molecule is CC(C)(C)OC(=O)NN(C(=O)OC(C)(C)C)c1ccccc1C(=O)NC(C)(C)c1ccccc1. The molecule has 0 aromatic heterocycles. The van der Waals surface area contributed by atoms with Gasteiger partial charge in [0.25, 0.3) is 5.91 Å². The van der Waals surface area contributed by atoms with Gasteiger partial charge in [-0.05, 0) is 73.1 Å². The maximum atomic E-state index is 13.3. The lowest BCUT2D eigenvalue weighted by Crippen LogP contribution is -2.51. The topological polar surface area (TPSA) is 97.0 Å². The van der Waals surface area contributed by atoms with Gasteiger partial charge in [-0.25, -0.2) is 15.0 Å². The predicted octanol–water partition coefficient (Wildman–Crippen LogP) is 5.53. The first-order valence-electron chi connectivity index (χ1n) is 11.1. The predicted molar refractivity (Wildman–Crippen MR) is 131 cm³/mol. The highest BCUT2D eigenvalue weighted by atomic mass is 16.6. The smallest absolute Gasteiger partial charge is 0.434 e. The number of nitrogens with one attached hydrogen (secondary N) is 2. The van der Waals surface area contributed by atoms with E-state index < -0.39 is 34.8 Å². The van der Waals surface area contributed by atoms with Crippen LogP contribution in [0.15, 0.2) is 54.6 Å². The first kappa shape index (κ1) is 26.7. The quantitative estimate of drug-likeness (QED) is 0.574. The summed E-state index contributed by atoms with van der Waals surface area (Å²) in [5, 5.41) is 3.89. The molecule has 0 radical (unpaired) electrons. The van der Waals surface area contributed by atoms with E-state index in [2.05, 4.69) is 10.7 Å². The summed E-state index contributed by atoms with van der Waals surface area (Å²) >= 11 is 0. The number of benzene rings is 2. The molecule has 0 atom stereocenters. The zero-order valence-electron chi connectivity index (χ0n) is 21.2. The van der Waals surface area contributed by atoms with Crippen LogP contribution in [0.4, 0.5) is 15.3 Å². The second-order valence-electron chi connectivity index (χ2n) is 10.4. The van der Waals surface area contributed by atoms with Crippen LogP contribution in [-0.4, -0.2) is 29.3 Å². The van der Waals surface area contributed by atoms with Crippen LogP contribution in [-0.2, 0) is 15.0 Å². The fourth-order valence-corrected chi connectivity index (χ4v) is 3.04. The Morgan fingerprint density at radius 3 is 1.82 bits per heavy atom. The first-order valence-corrected chi connectivity index (χ1v) is 11.1. The van der Waals surface area contributed by atoms with E-state index in [9.17, 15) is 14.4 Å². The molecule has 0 heterocycles. The third-order valence-corrected chi connectivity index (χ3v) is 4.49. The average molecular weight is 470 g/mol. The molecule has 0 spiro atoms. The molecule has 2 rings (SSSR count). The monoisotopic (exact) mass is 469 g/mol. The average Bonchev–Trinajstić information content (AvgIpc) is 2.70. The minimum absolute atomic E-state index is 0.143. The van der Waals surface area contributed by atoms with Crippen LogP contribution in [0, 0.1) is 0 Å². The van der Waals surface area contributed by atoms with Gasteiger partial charge < -0.3 is 14.8 Å². The molecular formula is C26H35N3O5. The summed E-state index contributed by atoms with van der Waals surface area (Å²) in [5.74, 6) is -0.427.